The van der Waals surface area contributed by atoms with E-state index in [-0.39, 0.29) is 0 Å². The van der Waals surface area contributed by atoms with Crippen LogP contribution >= 0.6 is 15.9 Å². The van der Waals surface area contributed by atoms with Gasteiger partial charge in [-0.1, -0.05) is 41.6 Å². The van der Waals surface area contributed by atoms with E-state index in [9.17, 15) is 4.79 Å². The zero-order valence-corrected chi connectivity index (χ0v) is 8.40. The third-order valence-corrected chi connectivity index (χ3v) is 3.08. The SMILES string of the molecule is O=C(CBr)CCC1CCCC1. The van der Waals surface area contributed by atoms with E-state index in [1.165, 1.54) is 25.7 Å². The van der Waals surface area contributed by atoms with Gasteiger partial charge in [0.1, 0.15) is 5.78 Å². The van der Waals surface area contributed by atoms with Crippen LogP contribution < -0.4 is 0 Å². The molecule has 0 N–H and O–H groups in total. The van der Waals surface area contributed by atoms with Crippen LogP contribution in [0.1, 0.15) is 38.5 Å². The van der Waals surface area contributed by atoms with E-state index < -0.39 is 0 Å². The molecule has 0 aromatic carbocycles. The van der Waals surface area contributed by atoms with E-state index in [0.717, 1.165) is 18.8 Å². The summed E-state index contributed by atoms with van der Waals surface area (Å²) in [5.41, 5.74) is 0. The van der Waals surface area contributed by atoms with Crippen LogP contribution in [0.5, 0.6) is 0 Å². The molecule has 0 heterocycles. The van der Waals surface area contributed by atoms with Crippen LogP contribution in [-0.4, -0.2) is 11.1 Å². The Morgan fingerprint density at radius 3 is 2.55 bits per heavy atom. The van der Waals surface area contributed by atoms with E-state index in [4.69, 9.17) is 0 Å². The van der Waals surface area contributed by atoms with Crippen molar-refractivity contribution in [3.05, 3.63) is 0 Å². The maximum atomic E-state index is 10.9. The molecular weight excluding hydrogens is 204 g/mol. The number of alkyl halides is 1. The lowest BCUT2D eigenvalue weighted by atomic mass is 10.0. The molecule has 0 aromatic rings. The molecule has 64 valence electrons. The van der Waals surface area contributed by atoms with E-state index in [2.05, 4.69) is 15.9 Å². The summed E-state index contributed by atoms with van der Waals surface area (Å²) >= 11 is 3.17. The first-order chi connectivity index (χ1) is 5.33. The Morgan fingerprint density at radius 2 is 2.00 bits per heavy atom. The van der Waals surface area contributed by atoms with Gasteiger partial charge in [0.05, 0.1) is 5.33 Å². The Bertz CT molecular complexity index is 128. The highest BCUT2D eigenvalue weighted by molar-refractivity contribution is 9.09. The summed E-state index contributed by atoms with van der Waals surface area (Å²) in [6.45, 7) is 0. The second-order valence-electron chi connectivity index (χ2n) is 3.36. The fourth-order valence-corrected chi connectivity index (χ4v) is 2.01. The predicted molar refractivity (Wildman–Crippen MR) is 50.0 cm³/mol. The minimum absolute atomic E-state index is 0.358. The summed E-state index contributed by atoms with van der Waals surface area (Å²) in [5, 5.41) is 0.541. The molecule has 2 heteroatoms. The van der Waals surface area contributed by atoms with E-state index in [1.54, 1.807) is 0 Å². The summed E-state index contributed by atoms with van der Waals surface area (Å²) in [4.78, 5) is 10.9. The number of carbonyl (C=O) groups is 1. The van der Waals surface area contributed by atoms with Gasteiger partial charge in [-0.25, -0.2) is 0 Å². The van der Waals surface area contributed by atoms with Crippen LogP contribution in [0.25, 0.3) is 0 Å². The number of hydrogen-bond acceptors (Lipinski definition) is 1. The lowest BCUT2D eigenvalue weighted by molar-refractivity contribution is -0.116. The number of halogens is 1. The van der Waals surface area contributed by atoms with Crippen molar-refractivity contribution in [1.82, 2.24) is 0 Å². The molecular formula is C9H15BrO. The summed E-state index contributed by atoms with van der Waals surface area (Å²) in [6, 6.07) is 0. The normalized spacial score (nSPS) is 19.0. The van der Waals surface area contributed by atoms with Gasteiger partial charge in [-0.05, 0) is 12.3 Å². The Hall–Kier alpha value is 0.150. The van der Waals surface area contributed by atoms with Crippen molar-refractivity contribution in [3.8, 4) is 0 Å². The largest absolute Gasteiger partial charge is 0.299 e. The average Bonchev–Trinajstić information content (AvgIpc) is 2.52. The standard InChI is InChI=1S/C9H15BrO/c10-7-9(11)6-5-8-3-1-2-4-8/h8H,1-7H2. The van der Waals surface area contributed by atoms with Crippen LogP contribution in [0.3, 0.4) is 0 Å². The minimum atomic E-state index is 0.358. The second kappa shape index (κ2) is 4.91. The first kappa shape index (κ1) is 9.24. The molecule has 0 bridgehead atoms. The predicted octanol–water partition coefficient (Wildman–Crippen LogP) is 2.92. The average molecular weight is 219 g/mol. The Kier molecular flexibility index (Phi) is 4.13. The quantitative estimate of drug-likeness (QED) is 0.664. The van der Waals surface area contributed by atoms with Crippen LogP contribution in [0.2, 0.25) is 0 Å². The molecule has 0 aliphatic heterocycles. The molecule has 11 heavy (non-hydrogen) atoms. The smallest absolute Gasteiger partial charge is 0.143 e. The molecule has 1 fully saturated rings. The van der Waals surface area contributed by atoms with Gasteiger partial charge < -0.3 is 0 Å². The summed E-state index contributed by atoms with van der Waals surface area (Å²) in [7, 11) is 0. The second-order valence-corrected chi connectivity index (χ2v) is 3.92. The molecule has 1 aliphatic carbocycles. The van der Waals surface area contributed by atoms with Gasteiger partial charge in [0, 0.05) is 6.42 Å². The van der Waals surface area contributed by atoms with Crippen molar-refractivity contribution in [2.24, 2.45) is 5.92 Å². The molecule has 0 aromatic heterocycles. The highest BCUT2D eigenvalue weighted by atomic mass is 79.9. The van der Waals surface area contributed by atoms with E-state index >= 15 is 0 Å². The van der Waals surface area contributed by atoms with E-state index in [0.29, 0.717) is 11.1 Å². The number of Topliss-reactive ketones (excluding diaryl/α,β-unsaturated/α-hetero) is 1. The molecule has 1 saturated carbocycles. The van der Waals surface area contributed by atoms with Crippen LogP contribution in [0.4, 0.5) is 0 Å². The van der Waals surface area contributed by atoms with Gasteiger partial charge in [-0.15, -0.1) is 0 Å². The van der Waals surface area contributed by atoms with Crippen LogP contribution in [0, 0.1) is 5.92 Å². The van der Waals surface area contributed by atoms with Gasteiger partial charge in [0.15, 0.2) is 0 Å². The first-order valence-corrected chi connectivity index (χ1v) is 5.52. The Balaban J connectivity index is 2.06. The molecule has 0 unspecified atom stereocenters. The minimum Gasteiger partial charge on any atom is -0.299 e. The highest BCUT2D eigenvalue weighted by Crippen LogP contribution is 2.28. The van der Waals surface area contributed by atoms with E-state index in [1.807, 2.05) is 0 Å². The Morgan fingerprint density at radius 1 is 1.36 bits per heavy atom. The zero-order valence-electron chi connectivity index (χ0n) is 6.81. The molecule has 0 atom stereocenters. The fourth-order valence-electron chi connectivity index (χ4n) is 1.73. The van der Waals surface area contributed by atoms with Crippen molar-refractivity contribution >= 4 is 21.7 Å². The van der Waals surface area contributed by atoms with Crippen molar-refractivity contribution in [1.29, 1.82) is 0 Å². The molecule has 0 amide bonds. The van der Waals surface area contributed by atoms with Crippen molar-refractivity contribution in [3.63, 3.8) is 0 Å². The maximum Gasteiger partial charge on any atom is 0.143 e. The molecule has 1 nitrogen and oxygen atoms in total. The number of hydrogen-bond donors (Lipinski definition) is 0. The number of ketones is 1. The third-order valence-electron chi connectivity index (χ3n) is 2.46. The van der Waals surface area contributed by atoms with Crippen molar-refractivity contribution in [2.45, 2.75) is 38.5 Å². The van der Waals surface area contributed by atoms with Gasteiger partial charge in [-0.3, -0.25) is 4.79 Å². The molecule has 0 spiro atoms. The lowest BCUT2D eigenvalue weighted by Gasteiger charge is -2.05. The lowest BCUT2D eigenvalue weighted by Crippen LogP contribution is -2.02. The van der Waals surface area contributed by atoms with Gasteiger partial charge >= 0.3 is 0 Å². The first-order valence-electron chi connectivity index (χ1n) is 4.40. The molecule has 1 rings (SSSR count). The van der Waals surface area contributed by atoms with Crippen LogP contribution in [-0.2, 0) is 4.79 Å². The maximum absolute atomic E-state index is 10.9. The Labute approximate surface area is 76.7 Å². The summed E-state index contributed by atoms with van der Waals surface area (Å²) in [5.74, 6) is 1.22. The monoisotopic (exact) mass is 218 g/mol. The number of carbonyl (C=O) groups excluding carboxylic acids is 1. The summed E-state index contributed by atoms with van der Waals surface area (Å²) in [6.07, 6.45) is 7.39. The summed E-state index contributed by atoms with van der Waals surface area (Å²) < 4.78 is 0. The van der Waals surface area contributed by atoms with Crippen molar-refractivity contribution < 1.29 is 4.79 Å². The third kappa shape index (κ3) is 3.37. The topological polar surface area (TPSA) is 17.1 Å². The number of rotatable bonds is 4. The zero-order chi connectivity index (χ0) is 8.10. The highest BCUT2D eigenvalue weighted by Gasteiger charge is 2.15. The van der Waals surface area contributed by atoms with Gasteiger partial charge in [-0.2, -0.15) is 0 Å². The molecule has 0 saturated heterocycles. The van der Waals surface area contributed by atoms with Crippen molar-refractivity contribution in [2.75, 3.05) is 5.33 Å². The van der Waals surface area contributed by atoms with Gasteiger partial charge in [0.2, 0.25) is 0 Å². The molecule has 0 radical (unpaired) electrons. The van der Waals surface area contributed by atoms with Crippen LogP contribution in [0.15, 0.2) is 0 Å². The molecule has 1 aliphatic rings. The fraction of sp³-hybridized carbons (Fsp3) is 0.889. The van der Waals surface area contributed by atoms with Gasteiger partial charge in [0.25, 0.3) is 0 Å².